The minimum Gasteiger partial charge on any atom is -0.492 e. The SMILES string of the molecule is CN(C)CC1COc2ccccc2CN1CC1CCCN1C(=O)Cc1cc(F)ccc1F. The summed E-state index contributed by atoms with van der Waals surface area (Å²) >= 11 is 0. The van der Waals surface area contributed by atoms with E-state index in [1.54, 1.807) is 0 Å². The summed E-state index contributed by atoms with van der Waals surface area (Å²) in [7, 11) is 4.10. The molecule has 7 heteroatoms. The molecule has 0 radical (unpaired) electrons. The van der Waals surface area contributed by atoms with Crippen LogP contribution in [0.5, 0.6) is 5.75 Å². The lowest BCUT2D eigenvalue weighted by Crippen LogP contribution is -2.50. The average molecular weight is 444 g/mol. The molecule has 2 atom stereocenters. The minimum atomic E-state index is -0.539. The van der Waals surface area contributed by atoms with Crippen LogP contribution in [0.15, 0.2) is 42.5 Å². The topological polar surface area (TPSA) is 36.0 Å². The number of benzene rings is 2. The number of carbonyl (C=O) groups is 1. The molecule has 1 fully saturated rings. The molecule has 172 valence electrons. The quantitative estimate of drug-likeness (QED) is 0.686. The van der Waals surface area contributed by atoms with Crippen molar-refractivity contribution in [2.45, 2.75) is 37.9 Å². The summed E-state index contributed by atoms with van der Waals surface area (Å²) in [5.41, 5.74) is 1.26. The predicted molar refractivity (Wildman–Crippen MR) is 119 cm³/mol. The Morgan fingerprint density at radius 2 is 1.97 bits per heavy atom. The number of rotatable bonds is 6. The van der Waals surface area contributed by atoms with Crippen LogP contribution in [-0.4, -0.2) is 73.0 Å². The van der Waals surface area contributed by atoms with Crippen molar-refractivity contribution in [3.63, 3.8) is 0 Å². The van der Waals surface area contributed by atoms with Crippen molar-refractivity contribution >= 4 is 5.91 Å². The highest BCUT2D eigenvalue weighted by atomic mass is 19.1. The zero-order chi connectivity index (χ0) is 22.7. The molecule has 1 amide bonds. The van der Waals surface area contributed by atoms with Gasteiger partial charge in [0.05, 0.1) is 12.5 Å². The maximum atomic E-state index is 14.1. The Bertz CT molecular complexity index is 953. The Kier molecular flexibility index (Phi) is 7.06. The third-order valence-corrected chi connectivity index (χ3v) is 6.36. The van der Waals surface area contributed by atoms with Gasteiger partial charge >= 0.3 is 0 Å². The number of amides is 1. The van der Waals surface area contributed by atoms with E-state index in [1.807, 2.05) is 23.1 Å². The van der Waals surface area contributed by atoms with E-state index >= 15 is 0 Å². The number of para-hydroxylation sites is 1. The van der Waals surface area contributed by atoms with Gasteiger partial charge in [0.2, 0.25) is 5.91 Å². The standard InChI is InChI=1S/C25H31F2N3O2/c1-28(2)15-22-17-32-24-8-4-3-6-18(24)14-29(22)16-21-7-5-11-30(21)25(31)13-19-12-20(26)9-10-23(19)27/h3-4,6,8-10,12,21-22H,5,7,11,13-17H2,1-2H3. The third kappa shape index (κ3) is 5.27. The lowest BCUT2D eigenvalue weighted by Gasteiger charge is -2.35. The van der Waals surface area contributed by atoms with Crippen molar-refractivity contribution in [2.24, 2.45) is 0 Å². The van der Waals surface area contributed by atoms with E-state index in [4.69, 9.17) is 4.74 Å². The fraction of sp³-hybridized carbons (Fsp3) is 0.480. The van der Waals surface area contributed by atoms with Gasteiger partial charge in [-0.3, -0.25) is 9.69 Å². The molecular formula is C25H31F2N3O2. The number of fused-ring (bicyclic) bond motifs is 1. The van der Waals surface area contributed by atoms with Crippen LogP contribution in [0, 0.1) is 11.6 Å². The number of ether oxygens (including phenoxy) is 1. The highest BCUT2D eigenvalue weighted by molar-refractivity contribution is 5.79. The molecule has 4 rings (SSSR count). The number of carbonyl (C=O) groups excluding carboxylic acids is 1. The second-order valence-corrected chi connectivity index (χ2v) is 9.06. The van der Waals surface area contributed by atoms with Crippen LogP contribution in [0.1, 0.15) is 24.0 Å². The largest absolute Gasteiger partial charge is 0.492 e. The van der Waals surface area contributed by atoms with E-state index in [1.165, 1.54) is 0 Å². The van der Waals surface area contributed by atoms with Gasteiger partial charge in [0.15, 0.2) is 0 Å². The number of nitrogens with zero attached hydrogens (tertiary/aromatic N) is 3. The van der Waals surface area contributed by atoms with E-state index in [-0.39, 0.29) is 30.0 Å². The van der Waals surface area contributed by atoms with Crippen molar-refractivity contribution in [3.8, 4) is 5.75 Å². The van der Waals surface area contributed by atoms with Gasteiger partial charge in [0.25, 0.3) is 0 Å². The van der Waals surface area contributed by atoms with E-state index in [2.05, 4.69) is 30.0 Å². The summed E-state index contributed by atoms with van der Waals surface area (Å²) in [5, 5.41) is 0. The van der Waals surface area contributed by atoms with Crippen LogP contribution < -0.4 is 4.74 Å². The maximum absolute atomic E-state index is 14.1. The highest BCUT2D eigenvalue weighted by Crippen LogP contribution is 2.28. The van der Waals surface area contributed by atoms with E-state index < -0.39 is 11.6 Å². The Labute approximate surface area is 188 Å². The van der Waals surface area contributed by atoms with Gasteiger partial charge in [-0.25, -0.2) is 8.78 Å². The highest BCUT2D eigenvalue weighted by Gasteiger charge is 2.34. The van der Waals surface area contributed by atoms with E-state index in [0.717, 1.165) is 62.0 Å². The number of hydrogen-bond acceptors (Lipinski definition) is 4. The van der Waals surface area contributed by atoms with Crippen LogP contribution in [0.3, 0.4) is 0 Å². The average Bonchev–Trinajstić information content (AvgIpc) is 3.15. The molecule has 0 bridgehead atoms. The summed E-state index contributed by atoms with van der Waals surface area (Å²) in [6.07, 6.45) is 1.71. The molecule has 5 nitrogen and oxygen atoms in total. The lowest BCUT2D eigenvalue weighted by molar-refractivity contribution is -0.131. The summed E-state index contributed by atoms with van der Waals surface area (Å²) in [6.45, 7) is 3.58. The van der Waals surface area contributed by atoms with Gasteiger partial charge in [-0.05, 0) is 51.2 Å². The molecule has 0 N–H and O–H groups in total. The van der Waals surface area contributed by atoms with E-state index in [0.29, 0.717) is 13.2 Å². The van der Waals surface area contributed by atoms with Crippen LogP contribution in [0.2, 0.25) is 0 Å². The molecular weight excluding hydrogens is 412 g/mol. The molecule has 0 saturated carbocycles. The Morgan fingerprint density at radius 1 is 1.16 bits per heavy atom. The van der Waals surface area contributed by atoms with Crippen molar-refractivity contribution in [2.75, 3.05) is 40.3 Å². The Balaban J connectivity index is 1.49. The van der Waals surface area contributed by atoms with Gasteiger partial charge < -0.3 is 14.5 Å². The zero-order valence-electron chi connectivity index (χ0n) is 18.8. The first-order valence-corrected chi connectivity index (χ1v) is 11.2. The molecule has 1 saturated heterocycles. The molecule has 32 heavy (non-hydrogen) atoms. The molecule has 2 heterocycles. The normalized spacial score (nSPS) is 21.3. The minimum absolute atomic E-state index is 0.0500. The number of likely N-dealkylation sites (N-methyl/N-ethyl adjacent to an activating group) is 1. The van der Waals surface area contributed by atoms with Crippen molar-refractivity contribution in [1.82, 2.24) is 14.7 Å². The zero-order valence-corrected chi connectivity index (χ0v) is 18.8. The molecule has 2 aromatic rings. The summed E-state index contributed by atoms with van der Waals surface area (Å²) in [6, 6.07) is 11.6. The first-order chi connectivity index (χ1) is 15.4. The van der Waals surface area contributed by atoms with Crippen molar-refractivity contribution in [3.05, 3.63) is 65.2 Å². The van der Waals surface area contributed by atoms with E-state index in [9.17, 15) is 13.6 Å². The number of likely N-dealkylation sites (tertiary alicyclic amines) is 1. The van der Waals surface area contributed by atoms with Crippen LogP contribution >= 0.6 is 0 Å². The van der Waals surface area contributed by atoms with Gasteiger partial charge in [0, 0.05) is 43.3 Å². The summed E-state index contributed by atoms with van der Waals surface area (Å²) < 4.78 is 33.7. The second kappa shape index (κ2) is 9.96. The maximum Gasteiger partial charge on any atom is 0.227 e. The van der Waals surface area contributed by atoms with Crippen molar-refractivity contribution in [1.29, 1.82) is 0 Å². The monoisotopic (exact) mass is 443 g/mol. The summed E-state index contributed by atoms with van der Waals surface area (Å²) in [5.74, 6) is -0.294. The predicted octanol–water partition coefficient (Wildman–Crippen LogP) is 3.32. The van der Waals surface area contributed by atoms with Gasteiger partial charge in [0.1, 0.15) is 24.0 Å². The molecule has 0 aromatic heterocycles. The third-order valence-electron chi connectivity index (χ3n) is 6.36. The first-order valence-electron chi connectivity index (χ1n) is 11.2. The molecule has 2 unspecified atom stereocenters. The first kappa shape index (κ1) is 22.7. The molecule has 0 spiro atoms. The second-order valence-electron chi connectivity index (χ2n) is 9.06. The number of halogens is 2. The fourth-order valence-electron chi connectivity index (χ4n) is 4.79. The van der Waals surface area contributed by atoms with Crippen molar-refractivity contribution < 1.29 is 18.3 Å². The Hall–Kier alpha value is -2.51. The Morgan fingerprint density at radius 3 is 2.78 bits per heavy atom. The summed E-state index contributed by atoms with van der Waals surface area (Å²) in [4.78, 5) is 19.5. The lowest BCUT2D eigenvalue weighted by atomic mass is 10.1. The fourth-order valence-corrected chi connectivity index (χ4v) is 4.79. The van der Waals surface area contributed by atoms with Crippen LogP contribution in [-0.2, 0) is 17.8 Å². The smallest absolute Gasteiger partial charge is 0.227 e. The van der Waals surface area contributed by atoms with Crippen LogP contribution in [0.4, 0.5) is 8.78 Å². The number of hydrogen-bond donors (Lipinski definition) is 0. The van der Waals surface area contributed by atoms with Gasteiger partial charge in [-0.15, -0.1) is 0 Å². The van der Waals surface area contributed by atoms with Gasteiger partial charge in [-0.1, -0.05) is 18.2 Å². The molecule has 0 aliphatic carbocycles. The molecule has 2 aliphatic rings. The van der Waals surface area contributed by atoms with Crippen LogP contribution in [0.25, 0.3) is 0 Å². The molecule has 2 aliphatic heterocycles. The van der Waals surface area contributed by atoms with Gasteiger partial charge in [-0.2, -0.15) is 0 Å². The molecule has 2 aromatic carbocycles.